The van der Waals surface area contributed by atoms with Crippen molar-refractivity contribution < 1.29 is 9.63 Å². The summed E-state index contributed by atoms with van der Waals surface area (Å²) >= 11 is 7.19. The Balaban J connectivity index is 1.54. The highest BCUT2D eigenvalue weighted by Crippen LogP contribution is 2.32. The van der Waals surface area contributed by atoms with Gasteiger partial charge in [-0.15, -0.1) is 11.3 Å². The quantitative estimate of drug-likeness (QED) is 0.417. The van der Waals surface area contributed by atoms with Gasteiger partial charge in [0.1, 0.15) is 11.9 Å². The van der Waals surface area contributed by atoms with E-state index < -0.39 is 0 Å². The summed E-state index contributed by atoms with van der Waals surface area (Å²) in [5, 5.41) is 11.3. The van der Waals surface area contributed by atoms with Crippen LogP contribution in [-0.4, -0.2) is 56.5 Å². The molecule has 1 atom stereocenters. The highest BCUT2D eigenvalue weighted by molar-refractivity contribution is 7.18. The van der Waals surface area contributed by atoms with Gasteiger partial charge in [-0.3, -0.25) is 20.5 Å². The third-order valence-electron chi connectivity index (χ3n) is 5.89. The number of amidine groups is 1. The minimum Gasteiger partial charge on any atom is -0.371 e. The molecule has 1 unspecified atom stereocenters. The van der Waals surface area contributed by atoms with Crippen molar-refractivity contribution in [2.24, 2.45) is 0 Å². The van der Waals surface area contributed by atoms with Crippen LogP contribution in [0, 0.1) is 5.41 Å². The average Bonchev–Trinajstić information content (AvgIpc) is 3.38. The maximum Gasteiger partial charge on any atom is 0.261 e. The summed E-state index contributed by atoms with van der Waals surface area (Å²) in [5.74, 6) is 0.325. The first-order chi connectivity index (χ1) is 15.9. The lowest BCUT2D eigenvalue weighted by Gasteiger charge is -2.27. The summed E-state index contributed by atoms with van der Waals surface area (Å²) in [7, 11) is 3.78. The molecule has 2 aliphatic heterocycles. The van der Waals surface area contributed by atoms with Crippen molar-refractivity contribution in [3.63, 3.8) is 0 Å². The van der Waals surface area contributed by atoms with Gasteiger partial charge < -0.3 is 15.1 Å². The number of halogens is 1. The van der Waals surface area contributed by atoms with Gasteiger partial charge in [-0.25, -0.2) is 0 Å². The van der Waals surface area contributed by atoms with E-state index in [2.05, 4.69) is 27.8 Å². The lowest BCUT2D eigenvalue weighted by molar-refractivity contribution is 0.0499. The lowest BCUT2D eigenvalue weighted by atomic mass is 10.0. The van der Waals surface area contributed by atoms with Crippen LogP contribution >= 0.6 is 22.9 Å². The standard InChI is InChI=1S/C24H30ClN5O2S/c1-29(2)23(26)16-7-8-18(20(13-16)30-11-5-3-4-6-12-30)19-14-17(32-28-19)15-27-24(31)21-9-10-22(25)33-21/h7-10,13-14,17,26,28H,3-6,11-12,15H2,1-2H3,(H,27,31). The fraction of sp³-hybridized carbons (Fsp3) is 0.417. The van der Waals surface area contributed by atoms with E-state index in [1.807, 2.05) is 31.1 Å². The number of carbonyl (C=O) groups excluding carboxylic acids is 1. The van der Waals surface area contributed by atoms with Gasteiger partial charge >= 0.3 is 0 Å². The number of thiophene rings is 1. The van der Waals surface area contributed by atoms with E-state index >= 15 is 0 Å². The molecule has 0 bridgehead atoms. The summed E-state index contributed by atoms with van der Waals surface area (Å²) in [6.07, 6.45) is 6.56. The Labute approximate surface area is 203 Å². The first-order valence-corrected chi connectivity index (χ1v) is 12.4. The number of nitrogens with zero attached hydrogens (tertiary/aromatic N) is 2. The number of hydrogen-bond donors (Lipinski definition) is 3. The van der Waals surface area contributed by atoms with E-state index in [-0.39, 0.29) is 12.0 Å². The fourth-order valence-corrected chi connectivity index (χ4v) is 5.05. The number of nitrogens with one attached hydrogen (secondary N) is 3. The van der Waals surface area contributed by atoms with E-state index in [1.165, 1.54) is 37.0 Å². The Morgan fingerprint density at radius 1 is 1.24 bits per heavy atom. The molecule has 1 aromatic heterocycles. The molecular weight excluding hydrogens is 458 g/mol. The SMILES string of the molecule is CN(C)C(=N)c1ccc(C2=CC(CNC(=O)c3ccc(Cl)s3)ON2)c(N2CCCCCC2)c1. The second-order valence-electron chi connectivity index (χ2n) is 8.53. The van der Waals surface area contributed by atoms with Gasteiger partial charge in [0.15, 0.2) is 0 Å². The number of rotatable bonds is 6. The summed E-state index contributed by atoms with van der Waals surface area (Å²) in [5.41, 5.74) is 6.99. The molecule has 1 amide bonds. The van der Waals surface area contributed by atoms with Crippen LogP contribution in [0.4, 0.5) is 5.69 Å². The topological polar surface area (TPSA) is 80.7 Å². The Kier molecular flexibility index (Phi) is 7.57. The van der Waals surface area contributed by atoms with E-state index in [0.717, 1.165) is 35.6 Å². The summed E-state index contributed by atoms with van der Waals surface area (Å²) in [4.78, 5) is 22.9. The summed E-state index contributed by atoms with van der Waals surface area (Å²) in [6.45, 7) is 2.36. The van der Waals surface area contributed by atoms with Crippen molar-refractivity contribution in [3.05, 3.63) is 56.7 Å². The summed E-state index contributed by atoms with van der Waals surface area (Å²) in [6, 6.07) is 9.59. The Morgan fingerprint density at radius 2 is 2.00 bits per heavy atom. The number of hydroxylamine groups is 1. The molecule has 1 aromatic carbocycles. The van der Waals surface area contributed by atoms with Crippen molar-refractivity contribution in [1.29, 1.82) is 5.41 Å². The van der Waals surface area contributed by atoms with Gasteiger partial charge in [0.25, 0.3) is 5.91 Å². The molecule has 0 aliphatic carbocycles. The fourth-order valence-electron chi connectivity index (χ4n) is 4.09. The van der Waals surface area contributed by atoms with Gasteiger partial charge in [0, 0.05) is 44.0 Å². The lowest BCUT2D eigenvalue weighted by Crippen LogP contribution is -2.32. The second-order valence-corrected chi connectivity index (χ2v) is 10.2. The molecule has 3 N–H and O–H groups in total. The third-order valence-corrected chi connectivity index (χ3v) is 7.12. The number of amides is 1. The minimum absolute atomic E-state index is 0.158. The average molecular weight is 488 g/mol. The van der Waals surface area contributed by atoms with Crippen LogP contribution in [0.25, 0.3) is 5.70 Å². The zero-order valence-electron chi connectivity index (χ0n) is 19.0. The maximum absolute atomic E-state index is 12.3. The van der Waals surface area contributed by atoms with Crippen LogP contribution in [0.5, 0.6) is 0 Å². The van der Waals surface area contributed by atoms with Crippen LogP contribution < -0.4 is 15.7 Å². The highest BCUT2D eigenvalue weighted by Gasteiger charge is 2.24. The largest absolute Gasteiger partial charge is 0.371 e. The van der Waals surface area contributed by atoms with Gasteiger partial charge in [-0.05, 0) is 37.1 Å². The molecule has 33 heavy (non-hydrogen) atoms. The first kappa shape index (κ1) is 23.6. The molecule has 2 aliphatic rings. The molecule has 1 fully saturated rings. The van der Waals surface area contributed by atoms with Gasteiger partial charge in [-0.2, -0.15) is 0 Å². The normalized spacial score (nSPS) is 18.3. The highest BCUT2D eigenvalue weighted by atomic mass is 35.5. The van der Waals surface area contributed by atoms with Crippen LogP contribution in [0.2, 0.25) is 4.34 Å². The van der Waals surface area contributed by atoms with Crippen molar-refractivity contribution >= 4 is 46.1 Å². The predicted octanol–water partition coefficient (Wildman–Crippen LogP) is 4.34. The van der Waals surface area contributed by atoms with Crippen LogP contribution in [0.3, 0.4) is 0 Å². The molecule has 0 saturated carbocycles. The molecule has 9 heteroatoms. The molecule has 4 rings (SSSR count). The molecule has 3 heterocycles. The zero-order chi connectivity index (χ0) is 23.4. The van der Waals surface area contributed by atoms with E-state index in [0.29, 0.717) is 21.6 Å². The number of carbonyl (C=O) groups is 1. The smallest absolute Gasteiger partial charge is 0.261 e. The van der Waals surface area contributed by atoms with Crippen molar-refractivity contribution in [2.45, 2.75) is 31.8 Å². The van der Waals surface area contributed by atoms with Crippen molar-refractivity contribution in [1.82, 2.24) is 15.7 Å². The second kappa shape index (κ2) is 10.6. The number of benzene rings is 1. The number of hydrogen-bond acceptors (Lipinski definition) is 6. The number of anilines is 1. The Bertz CT molecular complexity index is 1040. The molecule has 0 radical (unpaired) electrons. The molecule has 0 spiro atoms. The van der Waals surface area contributed by atoms with E-state index in [1.54, 1.807) is 12.1 Å². The van der Waals surface area contributed by atoms with Crippen molar-refractivity contribution in [3.8, 4) is 0 Å². The first-order valence-electron chi connectivity index (χ1n) is 11.2. The predicted molar refractivity (Wildman–Crippen MR) is 135 cm³/mol. The van der Waals surface area contributed by atoms with Gasteiger partial charge in [0.2, 0.25) is 0 Å². The van der Waals surface area contributed by atoms with E-state index in [9.17, 15) is 4.79 Å². The molecule has 176 valence electrons. The zero-order valence-corrected chi connectivity index (χ0v) is 20.6. The maximum atomic E-state index is 12.3. The minimum atomic E-state index is -0.281. The molecule has 7 nitrogen and oxygen atoms in total. The summed E-state index contributed by atoms with van der Waals surface area (Å²) < 4.78 is 0.591. The molecule has 2 aromatic rings. The Morgan fingerprint density at radius 3 is 2.67 bits per heavy atom. The van der Waals surface area contributed by atoms with E-state index in [4.69, 9.17) is 21.8 Å². The van der Waals surface area contributed by atoms with Gasteiger partial charge in [-0.1, -0.05) is 36.6 Å². The van der Waals surface area contributed by atoms with Gasteiger partial charge in [0.05, 0.1) is 21.5 Å². The third kappa shape index (κ3) is 5.69. The van der Waals surface area contributed by atoms with Crippen LogP contribution in [0.15, 0.2) is 36.4 Å². The Hall–Kier alpha value is -2.55. The van der Waals surface area contributed by atoms with Crippen molar-refractivity contribution in [2.75, 3.05) is 38.6 Å². The van der Waals surface area contributed by atoms with Crippen LogP contribution in [0.1, 0.15) is 46.5 Å². The van der Waals surface area contributed by atoms with Crippen LogP contribution in [-0.2, 0) is 4.84 Å². The molecule has 1 saturated heterocycles. The monoisotopic (exact) mass is 487 g/mol. The molecular formula is C24H30ClN5O2S.